The van der Waals surface area contributed by atoms with E-state index in [1.807, 2.05) is 19.9 Å². The number of ketones is 1. The number of methoxy groups -OCH3 is 3. The topological polar surface area (TPSA) is 88.9 Å². The van der Waals surface area contributed by atoms with Gasteiger partial charge >= 0.3 is 0 Å². The second-order valence-corrected chi connectivity index (χ2v) is 9.34. The molecule has 4 rings (SSSR count). The summed E-state index contributed by atoms with van der Waals surface area (Å²) in [5.74, 6) is 0.688. The Morgan fingerprint density at radius 3 is 2.32 bits per heavy atom. The molecule has 0 bridgehead atoms. The van der Waals surface area contributed by atoms with Crippen LogP contribution in [0.15, 0.2) is 47.7 Å². The number of allylic oxidation sites excluding steroid dienone is 2. The van der Waals surface area contributed by atoms with Crippen molar-refractivity contribution in [2.45, 2.75) is 39.0 Å². The summed E-state index contributed by atoms with van der Waals surface area (Å²) < 4.78 is 16.7. The van der Waals surface area contributed by atoms with Gasteiger partial charge in [-0.15, -0.1) is 0 Å². The summed E-state index contributed by atoms with van der Waals surface area (Å²) >= 11 is 0. The molecule has 1 aliphatic heterocycles. The maximum Gasteiger partial charge on any atom is 0.232 e. The normalized spacial score (nSPS) is 19.4. The molecule has 176 valence electrons. The predicted molar refractivity (Wildman–Crippen MR) is 127 cm³/mol. The minimum Gasteiger partial charge on any atom is -0.493 e. The first-order valence-electron chi connectivity index (χ1n) is 11.1. The summed E-state index contributed by atoms with van der Waals surface area (Å²) in [5, 5.41) is 9.68. The number of carbonyl (C=O) groups excluding carboxylic acids is 2. The fourth-order valence-electron chi connectivity index (χ4n) is 5.12. The zero-order chi connectivity index (χ0) is 24.6. The van der Waals surface area contributed by atoms with Gasteiger partial charge in [-0.3, -0.25) is 14.5 Å². The quantitative estimate of drug-likeness (QED) is 0.640. The lowest BCUT2D eigenvalue weighted by Gasteiger charge is -2.43. The molecule has 0 fully saturated rings. The number of rotatable bonds is 5. The Balaban J connectivity index is 1.98. The van der Waals surface area contributed by atoms with Gasteiger partial charge in [0.1, 0.15) is 6.07 Å². The van der Waals surface area contributed by atoms with Gasteiger partial charge in [0.2, 0.25) is 11.7 Å². The van der Waals surface area contributed by atoms with Crippen LogP contribution in [-0.4, -0.2) is 33.0 Å². The van der Waals surface area contributed by atoms with E-state index < -0.39 is 5.92 Å². The average molecular weight is 461 g/mol. The van der Waals surface area contributed by atoms with Crippen LogP contribution < -0.4 is 19.1 Å². The average Bonchev–Trinajstić information content (AvgIpc) is 2.81. The molecule has 2 aliphatic rings. The number of hydrogen-bond acceptors (Lipinski definition) is 6. The van der Waals surface area contributed by atoms with Crippen LogP contribution >= 0.6 is 0 Å². The van der Waals surface area contributed by atoms with Gasteiger partial charge in [-0.05, 0) is 30.0 Å². The highest BCUT2D eigenvalue weighted by Crippen LogP contribution is 2.52. The SMILES string of the molecule is COc1ccc(C2CC(=O)N(c3ccccc3C#N)C3=C2C(=O)CC(C)(C)C3)c(OC)c1OC. The largest absolute Gasteiger partial charge is 0.493 e. The van der Waals surface area contributed by atoms with Gasteiger partial charge in [0.15, 0.2) is 17.3 Å². The molecule has 2 aromatic rings. The lowest BCUT2D eigenvalue weighted by atomic mass is 9.69. The highest BCUT2D eigenvalue weighted by Gasteiger charge is 2.45. The fourth-order valence-corrected chi connectivity index (χ4v) is 5.12. The van der Waals surface area contributed by atoms with E-state index in [0.29, 0.717) is 58.2 Å². The van der Waals surface area contributed by atoms with Crippen LogP contribution in [-0.2, 0) is 9.59 Å². The Kier molecular flexibility index (Phi) is 6.09. The smallest absolute Gasteiger partial charge is 0.232 e. The van der Waals surface area contributed by atoms with Gasteiger partial charge < -0.3 is 14.2 Å². The van der Waals surface area contributed by atoms with E-state index in [4.69, 9.17) is 14.2 Å². The molecule has 1 unspecified atom stereocenters. The van der Waals surface area contributed by atoms with E-state index in [1.54, 1.807) is 42.3 Å². The number of para-hydroxylation sites is 1. The van der Waals surface area contributed by atoms with Crippen molar-refractivity contribution in [1.29, 1.82) is 5.26 Å². The van der Waals surface area contributed by atoms with Crippen LogP contribution in [0.4, 0.5) is 5.69 Å². The molecule has 0 N–H and O–H groups in total. The molecule has 2 aromatic carbocycles. The summed E-state index contributed by atoms with van der Waals surface area (Å²) in [7, 11) is 4.59. The second kappa shape index (κ2) is 8.86. The van der Waals surface area contributed by atoms with E-state index in [-0.39, 0.29) is 23.5 Å². The van der Waals surface area contributed by atoms with Gasteiger partial charge in [-0.2, -0.15) is 5.26 Å². The van der Waals surface area contributed by atoms with Gasteiger partial charge in [-0.1, -0.05) is 32.0 Å². The number of hydrogen-bond donors (Lipinski definition) is 0. The molecule has 0 spiro atoms. The molecular formula is C27H28N2O5. The Bertz CT molecular complexity index is 1240. The van der Waals surface area contributed by atoms with Crippen molar-refractivity contribution < 1.29 is 23.8 Å². The van der Waals surface area contributed by atoms with Gasteiger partial charge in [0.05, 0.1) is 32.6 Å². The third-order valence-corrected chi connectivity index (χ3v) is 6.52. The predicted octanol–water partition coefficient (Wildman–Crippen LogP) is 4.75. The van der Waals surface area contributed by atoms with E-state index in [1.165, 1.54) is 14.2 Å². The number of ether oxygens (including phenoxy) is 3. The van der Waals surface area contributed by atoms with E-state index in [0.717, 1.165) is 0 Å². The Morgan fingerprint density at radius 1 is 0.971 bits per heavy atom. The Morgan fingerprint density at radius 2 is 1.68 bits per heavy atom. The third-order valence-electron chi connectivity index (χ3n) is 6.52. The molecule has 1 atom stereocenters. The number of nitrogens with zero attached hydrogens (tertiary/aromatic N) is 2. The molecule has 7 heteroatoms. The highest BCUT2D eigenvalue weighted by atomic mass is 16.5. The molecule has 34 heavy (non-hydrogen) atoms. The van der Waals surface area contributed by atoms with Crippen molar-refractivity contribution in [1.82, 2.24) is 0 Å². The summed E-state index contributed by atoms with van der Waals surface area (Å²) in [6.45, 7) is 4.04. The van der Waals surface area contributed by atoms with Crippen molar-refractivity contribution >= 4 is 17.4 Å². The van der Waals surface area contributed by atoms with Crippen molar-refractivity contribution in [2.75, 3.05) is 26.2 Å². The Hall–Kier alpha value is -3.79. The lowest BCUT2D eigenvalue weighted by Crippen LogP contribution is -2.44. The number of Topliss-reactive ketones (excluding diaryl/α,β-unsaturated/α-hetero) is 1. The summed E-state index contributed by atoms with van der Waals surface area (Å²) in [4.78, 5) is 28.8. The van der Waals surface area contributed by atoms with Crippen LogP contribution in [0.2, 0.25) is 0 Å². The minimum atomic E-state index is -0.494. The van der Waals surface area contributed by atoms with Crippen molar-refractivity contribution in [3.63, 3.8) is 0 Å². The van der Waals surface area contributed by atoms with E-state index in [2.05, 4.69) is 6.07 Å². The summed E-state index contributed by atoms with van der Waals surface area (Å²) in [6, 6.07) is 12.8. The maximum absolute atomic E-state index is 13.7. The molecule has 7 nitrogen and oxygen atoms in total. The number of anilines is 1. The number of carbonyl (C=O) groups is 2. The summed E-state index contributed by atoms with van der Waals surface area (Å²) in [6.07, 6.45) is 0.974. The van der Waals surface area contributed by atoms with Crippen LogP contribution in [0.25, 0.3) is 0 Å². The monoisotopic (exact) mass is 460 g/mol. The molecule has 0 aromatic heterocycles. The highest BCUT2D eigenvalue weighted by molar-refractivity contribution is 6.08. The first kappa shape index (κ1) is 23.4. The van der Waals surface area contributed by atoms with E-state index >= 15 is 0 Å². The van der Waals surface area contributed by atoms with Gasteiger partial charge in [0.25, 0.3) is 0 Å². The zero-order valence-corrected chi connectivity index (χ0v) is 20.1. The van der Waals surface area contributed by atoms with Crippen LogP contribution in [0.1, 0.15) is 50.2 Å². The Labute approximate surface area is 199 Å². The third kappa shape index (κ3) is 3.79. The minimum absolute atomic E-state index is 0.0000247. The number of benzene rings is 2. The fraction of sp³-hybridized carbons (Fsp3) is 0.370. The molecule has 1 heterocycles. The van der Waals surface area contributed by atoms with Crippen molar-refractivity contribution in [2.24, 2.45) is 5.41 Å². The first-order chi connectivity index (χ1) is 16.3. The van der Waals surface area contributed by atoms with Gasteiger partial charge in [-0.25, -0.2) is 0 Å². The first-order valence-corrected chi connectivity index (χ1v) is 11.1. The van der Waals surface area contributed by atoms with Crippen LogP contribution in [0, 0.1) is 16.7 Å². The second-order valence-electron chi connectivity index (χ2n) is 9.34. The van der Waals surface area contributed by atoms with Crippen LogP contribution in [0.3, 0.4) is 0 Å². The standard InChI is InChI=1S/C27H28N2O5/c1-27(2)13-20-24(21(30)14-27)18(17-10-11-22(32-3)26(34-5)25(17)33-4)12-23(31)29(20)19-9-7-6-8-16(19)15-28/h6-11,18H,12-14H2,1-5H3. The zero-order valence-electron chi connectivity index (χ0n) is 20.1. The summed E-state index contributed by atoms with van der Waals surface area (Å²) in [5.41, 5.74) is 2.52. The maximum atomic E-state index is 13.7. The van der Waals surface area contributed by atoms with Crippen molar-refractivity contribution in [3.8, 4) is 23.3 Å². The number of nitriles is 1. The van der Waals surface area contributed by atoms with E-state index in [9.17, 15) is 14.9 Å². The molecule has 1 amide bonds. The molecule has 0 saturated heterocycles. The van der Waals surface area contributed by atoms with Crippen LogP contribution in [0.5, 0.6) is 17.2 Å². The number of amides is 1. The molecule has 0 radical (unpaired) electrons. The molecule has 1 aliphatic carbocycles. The molecule has 0 saturated carbocycles. The lowest BCUT2D eigenvalue weighted by molar-refractivity contribution is -0.121. The van der Waals surface area contributed by atoms with Crippen molar-refractivity contribution in [3.05, 3.63) is 58.8 Å². The molecular weight excluding hydrogens is 432 g/mol. The van der Waals surface area contributed by atoms with Gasteiger partial charge in [0, 0.05) is 35.6 Å².